The maximum Gasteiger partial charge on any atom is 0.252 e. The molecule has 5 rings (SSSR count). The van der Waals surface area contributed by atoms with Crippen LogP contribution in [0.2, 0.25) is 0 Å². The lowest BCUT2D eigenvalue weighted by Gasteiger charge is -2.24. The number of H-pyrrole nitrogens is 1. The molecule has 1 saturated heterocycles. The number of nitrogens with one attached hydrogen (secondary N) is 3. The molecule has 0 unspecified atom stereocenters. The minimum Gasteiger partial charge on any atom is -0.345 e. The van der Waals surface area contributed by atoms with E-state index in [9.17, 15) is 4.79 Å². The first-order chi connectivity index (χ1) is 14.1. The fourth-order valence-electron chi connectivity index (χ4n) is 4.08. The SMILES string of the molecule is Cc1cc2nc(C3CNC3)[nH]c2cc1C(=O)N[C@H](C)c1cccc2ccccc12. The van der Waals surface area contributed by atoms with Gasteiger partial charge in [-0.2, -0.15) is 0 Å². The van der Waals surface area contributed by atoms with Crippen molar-refractivity contribution in [2.24, 2.45) is 0 Å². The van der Waals surface area contributed by atoms with Gasteiger partial charge in [0.15, 0.2) is 0 Å². The van der Waals surface area contributed by atoms with Crippen LogP contribution < -0.4 is 10.6 Å². The molecule has 146 valence electrons. The molecule has 5 heteroatoms. The summed E-state index contributed by atoms with van der Waals surface area (Å²) in [5, 5.41) is 8.80. The van der Waals surface area contributed by atoms with E-state index in [0.29, 0.717) is 11.5 Å². The number of aryl methyl sites for hydroxylation is 1. The molecule has 0 bridgehead atoms. The Bertz CT molecular complexity index is 1220. The maximum atomic E-state index is 13.1. The number of rotatable bonds is 4. The van der Waals surface area contributed by atoms with Crippen LogP contribution in [0.15, 0.2) is 54.6 Å². The number of hydrogen-bond acceptors (Lipinski definition) is 3. The minimum atomic E-state index is -0.0953. The number of aromatic nitrogens is 2. The van der Waals surface area contributed by atoms with Gasteiger partial charge in [-0.15, -0.1) is 0 Å². The molecular formula is C24H24N4O. The van der Waals surface area contributed by atoms with Crippen molar-refractivity contribution in [2.75, 3.05) is 13.1 Å². The van der Waals surface area contributed by atoms with E-state index in [1.54, 1.807) is 0 Å². The van der Waals surface area contributed by atoms with E-state index in [1.807, 2.05) is 44.2 Å². The monoisotopic (exact) mass is 384 g/mol. The highest BCUT2D eigenvalue weighted by Gasteiger charge is 2.23. The normalized spacial score (nSPS) is 15.4. The van der Waals surface area contributed by atoms with Gasteiger partial charge in [-0.1, -0.05) is 42.5 Å². The molecule has 1 aliphatic heterocycles. The van der Waals surface area contributed by atoms with E-state index in [2.05, 4.69) is 39.9 Å². The molecule has 0 saturated carbocycles. The molecule has 2 heterocycles. The third-order valence-electron chi connectivity index (χ3n) is 5.90. The molecule has 3 N–H and O–H groups in total. The highest BCUT2D eigenvalue weighted by molar-refractivity contribution is 5.99. The van der Waals surface area contributed by atoms with Crippen molar-refractivity contribution in [3.63, 3.8) is 0 Å². The van der Waals surface area contributed by atoms with Gasteiger partial charge < -0.3 is 15.6 Å². The number of imidazole rings is 1. The number of nitrogens with zero attached hydrogens (tertiary/aromatic N) is 1. The standard InChI is InChI=1S/C24H24N4O/c1-14-10-21-22(28-23(27-21)17-12-25-13-17)11-20(14)24(29)26-15(2)18-9-5-7-16-6-3-4-8-19(16)18/h3-11,15,17,25H,12-13H2,1-2H3,(H,26,29)(H,27,28)/t15-/m1/s1. The first kappa shape index (κ1) is 17.9. The Kier molecular flexibility index (Phi) is 4.32. The average molecular weight is 384 g/mol. The van der Waals surface area contributed by atoms with Gasteiger partial charge in [-0.3, -0.25) is 4.79 Å². The fraction of sp³-hybridized carbons (Fsp3) is 0.250. The van der Waals surface area contributed by atoms with Crippen LogP contribution in [0.3, 0.4) is 0 Å². The zero-order valence-electron chi connectivity index (χ0n) is 16.6. The smallest absolute Gasteiger partial charge is 0.252 e. The number of fused-ring (bicyclic) bond motifs is 2. The molecule has 1 atom stereocenters. The van der Waals surface area contributed by atoms with Crippen molar-refractivity contribution >= 4 is 27.7 Å². The Labute approximate surface area is 169 Å². The second-order valence-corrected chi connectivity index (χ2v) is 7.93. The molecule has 5 nitrogen and oxygen atoms in total. The first-order valence-corrected chi connectivity index (χ1v) is 10.1. The van der Waals surface area contributed by atoms with Crippen molar-refractivity contribution < 1.29 is 4.79 Å². The highest BCUT2D eigenvalue weighted by Crippen LogP contribution is 2.26. The Hall–Kier alpha value is -3.18. The van der Waals surface area contributed by atoms with Crippen molar-refractivity contribution in [3.8, 4) is 0 Å². The predicted octanol–water partition coefficient (Wildman–Crippen LogP) is 4.20. The molecule has 4 aromatic rings. The van der Waals surface area contributed by atoms with E-state index >= 15 is 0 Å². The molecule has 0 radical (unpaired) electrons. The summed E-state index contributed by atoms with van der Waals surface area (Å²) in [6.07, 6.45) is 0. The topological polar surface area (TPSA) is 69.8 Å². The van der Waals surface area contributed by atoms with Crippen LogP contribution in [0.4, 0.5) is 0 Å². The number of benzene rings is 3. The van der Waals surface area contributed by atoms with Gasteiger partial charge in [0.05, 0.1) is 17.1 Å². The van der Waals surface area contributed by atoms with E-state index in [0.717, 1.165) is 41.1 Å². The summed E-state index contributed by atoms with van der Waals surface area (Å²) in [6, 6.07) is 18.3. The number of aromatic amines is 1. The van der Waals surface area contributed by atoms with Crippen molar-refractivity contribution in [3.05, 3.63) is 77.1 Å². The van der Waals surface area contributed by atoms with Crippen molar-refractivity contribution in [1.82, 2.24) is 20.6 Å². The molecule has 29 heavy (non-hydrogen) atoms. The van der Waals surface area contributed by atoms with Crippen molar-refractivity contribution in [1.29, 1.82) is 0 Å². The van der Waals surface area contributed by atoms with Crippen LogP contribution >= 0.6 is 0 Å². The summed E-state index contributed by atoms with van der Waals surface area (Å²) in [4.78, 5) is 21.2. The number of carbonyl (C=O) groups is 1. The molecule has 1 aliphatic rings. The second-order valence-electron chi connectivity index (χ2n) is 7.93. The van der Waals surface area contributed by atoms with Crippen molar-refractivity contribution in [2.45, 2.75) is 25.8 Å². The van der Waals surface area contributed by atoms with Gasteiger partial charge >= 0.3 is 0 Å². The van der Waals surface area contributed by atoms with Crippen LogP contribution in [0, 0.1) is 6.92 Å². The summed E-state index contributed by atoms with van der Waals surface area (Å²) in [5.41, 5.74) is 4.58. The van der Waals surface area contributed by atoms with Gasteiger partial charge in [-0.05, 0) is 47.9 Å². The minimum absolute atomic E-state index is 0.0636. The predicted molar refractivity (Wildman–Crippen MR) is 116 cm³/mol. The molecule has 3 aromatic carbocycles. The average Bonchev–Trinajstić information content (AvgIpc) is 3.07. The number of amides is 1. The third-order valence-corrected chi connectivity index (χ3v) is 5.90. The number of hydrogen-bond donors (Lipinski definition) is 3. The van der Waals surface area contributed by atoms with E-state index in [1.165, 1.54) is 10.8 Å². The first-order valence-electron chi connectivity index (χ1n) is 10.1. The van der Waals surface area contributed by atoms with E-state index < -0.39 is 0 Å². The molecule has 1 fully saturated rings. The van der Waals surface area contributed by atoms with Crippen LogP contribution in [-0.2, 0) is 0 Å². The molecular weight excluding hydrogens is 360 g/mol. The Balaban J connectivity index is 1.43. The summed E-state index contributed by atoms with van der Waals surface area (Å²) in [6.45, 7) is 5.91. The Morgan fingerprint density at radius 1 is 1.14 bits per heavy atom. The molecule has 0 aliphatic carbocycles. The van der Waals surface area contributed by atoms with Crippen LogP contribution in [-0.4, -0.2) is 29.0 Å². The fourth-order valence-corrected chi connectivity index (χ4v) is 4.08. The molecule has 0 spiro atoms. The van der Waals surface area contributed by atoms with Gasteiger partial charge in [0.1, 0.15) is 5.82 Å². The van der Waals surface area contributed by atoms with Gasteiger partial charge in [0.2, 0.25) is 0 Å². The van der Waals surface area contributed by atoms with Crippen LogP contribution in [0.5, 0.6) is 0 Å². The molecule has 1 amide bonds. The summed E-state index contributed by atoms with van der Waals surface area (Å²) in [5.74, 6) is 1.37. The lowest BCUT2D eigenvalue weighted by atomic mass is 9.99. The maximum absolute atomic E-state index is 13.1. The largest absolute Gasteiger partial charge is 0.345 e. The highest BCUT2D eigenvalue weighted by atomic mass is 16.1. The summed E-state index contributed by atoms with van der Waals surface area (Å²) >= 11 is 0. The Morgan fingerprint density at radius 2 is 1.93 bits per heavy atom. The quantitative estimate of drug-likeness (QED) is 0.494. The van der Waals surface area contributed by atoms with E-state index in [-0.39, 0.29) is 11.9 Å². The zero-order chi connectivity index (χ0) is 20.0. The third kappa shape index (κ3) is 3.17. The lowest BCUT2D eigenvalue weighted by Crippen LogP contribution is -2.40. The van der Waals surface area contributed by atoms with E-state index in [4.69, 9.17) is 4.98 Å². The molecule has 1 aromatic heterocycles. The summed E-state index contributed by atoms with van der Waals surface area (Å²) in [7, 11) is 0. The lowest BCUT2D eigenvalue weighted by molar-refractivity contribution is 0.0939. The second kappa shape index (κ2) is 7.01. The number of carbonyl (C=O) groups excluding carboxylic acids is 1. The zero-order valence-corrected chi connectivity index (χ0v) is 16.6. The van der Waals surface area contributed by atoms with Gasteiger partial charge in [0, 0.05) is 24.6 Å². The Morgan fingerprint density at radius 3 is 2.72 bits per heavy atom. The van der Waals surface area contributed by atoms with Crippen LogP contribution in [0.1, 0.15) is 46.2 Å². The van der Waals surface area contributed by atoms with Crippen LogP contribution in [0.25, 0.3) is 21.8 Å². The van der Waals surface area contributed by atoms with Gasteiger partial charge in [0.25, 0.3) is 5.91 Å². The summed E-state index contributed by atoms with van der Waals surface area (Å²) < 4.78 is 0. The van der Waals surface area contributed by atoms with Gasteiger partial charge in [-0.25, -0.2) is 4.98 Å².